The number of carbonyl (C=O) groups excluding carboxylic acids is 1. The second kappa shape index (κ2) is 19.1. The number of nitrogens with zero attached hydrogens (tertiary/aromatic N) is 1. The Balaban J connectivity index is 3.85. The minimum absolute atomic E-state index is 0.0408. The Morgan fingerprint density at radius 1 is 0.767 bits per heavy atom. The van der Waals surface area contributed by atoms with Gasteiger partial charge in [-0.25, -0.2) is 0 Å². The van der Waals surface area contributed by atoms with E-state index in [1.165, 1.54) is 64.2 Å². The first kappa shape index (κ1) is 29.3. The molecule has 0 radical (unpaired) electrons. The standard InChI is InChI=1S/C23H47NO5S/c1-3-5-7-8-9-10-11-12-13-14-15-16-17-18-23(26)24(19-6-4-2)20-22(25)21-30(27,28)29/h22,25H,3-21H2,1-2H3,(H,27,28,29). The Labute approximate surface area is 185 Å². The SMILES string of the molecule is CCCCCCCCCCCCCCCC(=O)N(CCCC)CC(O)CS(=O)(=O)O. The van der Waals surface area contributed by atoms with Crippen LogP contribution in [-0.2, 0) is 14.9 Å². The number of unbranched alkanes of at least 4 members (excludes halogenated alkanes) is 13. The van der Waals surface area contributed by atoms with Crippen LogP contribution in [0, 0.1) is 0 Å². The van der Waals surface area contributed by atoms with E-state index in [0.29, 0.717) is 13.0 Å². The molecule has 7 heteroatoms. The molecule has 0 saturated carbocycles. The van der Waals surface area contributed by atoms with Gasteiger partial charge in [-0.1, -0.05) is 97.3 Å². The maximum absolute atomic E-state index is 12.5. The predicted octanol–water partition coefficient (Wildman–Crippen LogP) is 5.35. The van der Waals surface area contributed by atoms with Crippen molar-refractivity contribution in [2.45, 2.75) is 123 Å². The lowest BCUT2D eigenvalue weighted by Gasteiger charge is -2.25. The van der Waals surface area contributed by atoms with Crippen LogP contribution in [0.15, 0.2) is 0 Å². The summed E-state index contributed by atoms with van der Waals surface area (Å²) in [4.78, 5) is 14.0. The zero-order valence-corrected chi connectivity index (χ0v) is 20.3. The molecule has 30 heavy (non-hydrogen) atoms. The third-order valence-corrected chi connectivity index (χ3v) is 6.27. The van der Waals surface area contributed by atoms with Crippen LogP contribution in [0.5, 0.6) is 0 Å². The molecule has 0 spiro atoms. The zero-order chi connectivity index (χ0) is 22.7. The van der Waals surface area contributed by atoms with Crippen LogP contribution in [0.25, 0.3) is 0 Å². The van der Waals surface area contributed by atoms with Crippen molar-refractivity contribution in [3.63, 3.8) is 0 Å². The van der Waals surface area contributed by atoms with Crippen LogP contribution in [0.4, 0.5) is 0 Å². The molecular formula is C23H47NO5S. The quantitative estimate of drug-likeness (QED) is 0.182. The van der Waals surface area contributed by atoms with E-state index >= 15 is 0 Å². The van der Waals surface area contributed by atoms with Gasteiger partial charge >= 0.3 is 0 Å². The summed E-state index contributed by atoms with van der Waals surface area (Å²) in [6.07, 6.45) is 17.2. The smallest absolute Gasteiger partial charge is 0.267 e. The number of aliphatic hydroxyl groups excluding tert-OH is 1. The van der Waals surface area contributed by atoms with Crippen molar-refractivity contribution in [2.24, 2.45) is 0 Å². The van der Waals surface area contributed by atoms with Gasteiger partial charge in [0.2, 0.25) is 5.91 Å². The second-order valence-electron chi connectivity index (χ2n) is 8.59. The first-order valence-electron chi connectivity index (χ1n) is 12.2. The Morgan fingerprint density at radius 2 is 1.20 bits per heavy atom. The summed E-state index contributed by atoms with van der Waals surface area (Å²) in [5, 5.41) is 9.85. The van der Waals surface area contributed by atoms with Crippen LogP contribution in [0.3, 0.4) is 0 Å². The average molecular weight is 450 g/mol. The molecule has 0 heterocycles. The molecule has 0 saturated heterocycles. The van der Waals surface area contributed by atoms with E-state index in [1.54, 1.807) is 4.90 Å². The molecule has 6 nitrogen and oxygen atoms in total. The van der Waals surface area contributed by atoms with Crippen LogP contribution in [-0.4, -0.2) is 53.8 Å². The number of rotatable bonds is 21. The molecule has 0 aromatic heterocycles. The van der Waals surface area contributed by atoms with Crippen LogP contribution in [0.2, 0.25) is 0 Å². The normalized spacial score (nSPS) is 12.8. The van der Waals surface area contributed by atoms with Gasteiger partial charge in [0.1, 0.15) is 5.75 Å². The maximum Gasteiger partial charge on any atom is 0.267 e. The lowest BCUT2D eigenvalue weighted by molar-refractivity contribution is -0.132. The third kappa shape index (κ3) is 19.3. The van der Waals surface area contributed by atoms with Gasteiger partial charge in [0.05, 0.1) is 6.10 Å². The van der Waals surface area contributed by atoms with Crippen molar-refractivity contribution in [2.75, 3.05) is 18.8 Å². The molecule has 0 aliphatic heterocycles. The van der Waals surface area contributed by atoms with Crippen molar-refractivity contribution in [1.29, 1.82) is 0 Å². The molecule has 180 valence electrons. The molecule has 0 fully saturated rings. The van der Waals surface area contributed by atoms with Crippen molar-refractivity contribution >= 4 is 16.0 Å². The van der Waals surface area contributed by atoms with E-state index in [1.807, 2.05) is 6.92 Å². The monoisotopic (exact) mass is 449 g/mol. The van der Waals surface area contributed by atoms with Crippen LogP contribution in [0.1, 0.15) is 117 Å². The van der Waals surface area contributed by atoms with Crippen molar-refractivity contribution in [3.05, 3.63) is 0 Å². The molecule has 0 aliphatic rings. The Kier molecular flexibility index (Phi) is 18.6. The number of aliphatic hydroxyl groups is 1. The Bertz CT molecular complexity index is 510. The molecule has 1 amide bonds. The highest BCUT2D eigenvalue weighted by Gasteiger charge is 2.20. The molecule has 0 aromatic rings. The highest BCUT2D eigenvalue weighted by Crippen LogP contribution is 2.13. The van der Waals surface area contributed by atoms with Gasteiger partial charge in [0.15, 0.2) is 0 Å². The predicted molar refractivity (Wildman–Crippen MR) is 124 cm³/mol. The summed E-state index contributed by atoms with van der Waals surface area (Å²) in [7, 11) is -4.24. The lowest BCUT2D eigenvalue weighted by Crippen LogP contribution is -2.40. The van der Waals surface area contributed by atoms with Gasteiger partial charge in [0.25, 0.3) is 10.1 Å². The fourth-order valence-corrected chi connectivity index (χ4v) is 4.26. The first-order chi connectivity index (χ1) is 14.3. The number of hydrogen-bond donors (Lipinski definition) is 2. The number of carbonyl (C=O) groups is 1. The summed E-state index contributed by atoms with van der Waals surface area (Å²) in [5.41, 5.74) is 0. The largest absolute Gasteiger partial charge is 0.390 e. The van der Waals surface area contributed by atoms with Gasteiger partial charge in [-0.2, -0.15) is 8.42 Å². The number of amides is 1. The fourth-order valence-electron chi connectivity index (χ4n) is 3.67. The average Bonchev–Trinajstić information content (AvgIpc) is 2.67. The summed E-state index contributed by atoms with van der Waals surface area (Å²) in [5.74, 6) is -0.775. The van der Waals surface area contributed by atoms with Gasteiger partial charge < -0.3 is 10.0 Å². The van der Waals surface area contributed by atoms with E-state index in [4.69, 9.17) is 4.55 Å². The summed E-state index contributed by atoms with van der Waals surface area (Å²) in [6.45, 7) is 4.73. The fraction of sp³-hybridized carbons (Fsp3) is 0.957. The zero-order valence-electron chi connectivity index (χ0n) is 19.5. The van der Waals surface area contributed by atoms with Crippen molar-refractivity contribution < 1.29 is 22.9 Å². The molecular weight excluding hydrogens is 402 g/mol. The summed E-state index contributed by atoms with van der Waals surface area (Å²) in [6, 6.07) is 0. The molecule has 0 bridgehead atoms. The van der Waals surface area contributed by atoms with Gasteiger partial charge in [-0.3, -0.25) is 9.35 Å². The topological polar surface area (TPSA) is 94.9 Å². The molecule has 0 aliphatic carbocycles. The van der Waals surface area contributed by atoms with E-state index in [0.717, 1.165) is 32.1 Å². The highest BCUT2D eigenvalue weighted by molar-refractivity contribution is 7.85. The Hall–Kier alpha value is -0.660. The first-order valence-corrected chi connectivity index (χ1v) is 13.8. The maximum atomic E-state index is 12.5. The lowest BCUT2D eigenvalue weighted by atomic mass is 10.0. The Morgan fingerprint density at radius 3 is 1.63 bits per heavy atom. The summed E-state index contributed by atoms with van der Waals surface area (Å²) < 4.78 is 30.7. The molecule has 0 rings (SSSR count). The molecule has 1 atom stereocenters. The molecule has 1 unspecified atom stereocenters. The van der Waals surface area contributed by atoms with Gasteiger partial charge in [0, 0.05) is 19.5 Å². The van der Waals surface area contributed by atoms with Crippen molar-refractivity contribution in [1.82, 2.24) is 4.90 Å². The second-order valence-corrected chi connectivity index (χ2v) is 10.1. The van der Waals surface area contributed by atoms with Crippen LogP contribution < -0.4 is 0 Å². The van der Waals surface area contributed by atoms with Gasteiger partial charge in [-0.15, -0.1) is 0 Å². The third-order valence-electron chi connectivity index (χ3n) is 5.46. The molecule has 0 aromatic carbocycles. The molecule has 2 N–H and O–H groups in total. The summed E-state index contributed by atoms with van der Waals surface area (Å²) >= 11 is 0. The van der Waals surface area contributed by atoms with Crippen molar-refractivity contribution in [3.8, 4) is 0 Å². The van der Waals surface area contributed by atoms with Gasteiger partial charge in [-0.05, 0) is 12.8 Å². The minimum atomic E-state index is -4.24. The van der Waals surface area contributed by atoms with E-state index in [2.05, 4.69) is 6.92 Å². The van der Waals surface area contributed by atoms with E-state index < -0.39 is 22.0 Å². The minimum Gasteiger partial charge on any atom is -0.390 e. The van der Waals surface area contributed by atoms with E-state index in [9.17, 15) is 18.3 Å². The number of hydrogen-bond acceptors (Lipinski definition) is 4. The highest BCUT2D eigenvalue weighted by atomic mass is 32.2. The van der Waals surface area contributed by atoms with E-state index in [-0.39, 0.29) is 12.5 Å². The van der Waals surface area contributed by atoms with Crippen LogP contribution >= 0.6 is 0 Å².